The lowest BCUT2D eigenvalue weighted by atomic mass is 10.1. The van der Waals surface area contributed by atoms with E-state index in [1.165, 1.54) is 30.4 Å². The summed E-state index contributed by atoms with van der Waals surface area (Å²) in [5.41, 5.74) is -1.67. The first-order chi connectivity index (χ1) is 19.4. The van der Waals surface area contributed by atoms with Crippen molar-refractivity contribution in [2.24, 2.45) is 5.92 Å². The number of nitrogens with one attached hydrogen (secondary N) is 3. The highest BCUT2D eigenvalue weighted by Crippen LogP contribution is 2.65. The van der Waals surface area contributed by atoms with Gasteiger partial charge in [0.1, 0.15) is 15.8 Å². The molecule has 0 aromatic heterocycles. The van der Waals surface area contributed by atoms with Gasteiger partial charge in [-0.3, -0.25) is 14.4 Å². The van der Waals surface area contributed by atoms with Crippen LogP contribution in [0.1, 0.15) is 27.4 Å². The standard InChI is InChI=1S/C26H15Cl5F5N3O3/c1-9-6-11(37-23(41)18-17(25(18,30)31)10-2-3-13(27)14(28)7-10)8-12(19(9)29)22(40)39-21-15(32)4-5-16(20(21)33)38-24(42)26(34,35)36/h2-8,17-18H,1H3,(H,37,41)(H,38,42)(H,39,40)/t17-,18+/m0/s1. The minimum atomic E-state index is -5.35. The van der Waals surface area contributed by atoms with Crippen LogP contribution in [0.5, 0.6) is 0 Å². The molecule has 3 amide bonds. The summed E-state index contributed by atoms with van der Waals surface area (Å²) in [6.07, 6.45) is -5.35. The zero-order valence-electron chi connectivity index (χ0n) is 20.7. The predicted molar refractivity (Wildman–Crippen MR) is 151 cm³/mol. The first kappa shape index (κ1) is 32.1. The van der Waals surface area contributed by atoms with Crippen molar-refractivity contribution < 1.29 is 36.3 Å². The molecule has 3 N–H and O–H groups in total. The predicted octanol–water partition coefficient (Wildman–Crippen LogP) is 8.51. The monoisotopic (exact) mass is 687 g/mol. The molecule has 0 saturated heterocycles. The van der Waals surface area contributed by atoms with Crippen LogP contribution in [0.4, 0.5) is 39.0 Å². The van der Waals surface area contributed by atoms with Gasteiger partial charge in [-0.1, -0.05) is 40.9 Å². The summed E-state index contributed by atoms with van der Waals surface area (Å²) in [5.74, 6) is -8.95. The highest BCUT2D eigenvalue weighted by molar-refractivity contribution is 6.53. The fourth-order valence-corrected chi connectivity index (χ4v) is 5.47. The summed E-state index contributed by atoms with van der Waals surface area (Å²) in [5, 5.41) is 6.09. The summed E-state index contributed by atoms with van der Waals surface area (Å²) in [6.45, 7) is 1.48. The van der Waals surface area contributed by atoms with E-state index in [1.54, 1.807) is 6.07 Å². The van der Waals surface area contributed by atoms with Gasteiger partial charge in [-0.05, 0) is 54.4 Å². The Morgan fingerprint density at radius 2 is 1.55 bits per heavy atom. The van der Waals surface area contributed by atoms with Crippen molar-refractivity contribution in [1.29, 1.82) is 0 Å². The van der Waals surface area contributed by atoms with Crippen LogP contribution in [0.15, 0.2) is 42.5 Å². The maximum atomic E-state index is 14.8. The van der Waals surface area contributed by atoms with E-state index in [0.717, 1.165) is 6.07 Å². The molecule has 1 aliphatic carbocycles. The molecule has 6 nitrogen and oxygen atoms in total. The number of benzene rings is 3. The van der Waals surface area contributed by atoms with Crippen LogP contribution in [-0.2, 0) is 9.59 Å². The second kappa shape index (κ2) is 11.7. The molecular formula is C26H15Cl5F5N3O3. The SMILES string of the molecule is Cc1cc(NC(=O)[C@H]2[C@H](c3ccc(Cl)c(Cl)c3)C2(Cl)Cl)cc(C(=O)Nc2c(F)ccc(NC(=O)C(F)(F)F)c2F)c1Cl. The van der Waals surface area contributed by atoms with Crippen LogP contribution in [0.3, 0.4) is 0 Å². The van der Waals surface area contributed by atoms with E-state index in [-0.39, 0.29) is 31.9 Å². The van der Waals surface area contributed by atoms with Crippen LogP contribution >= 0.6 is 58.0 Å². The van der Waals surface area contributed by atoms with Crippen molar-refractivity contribution in [3.05, 3.63) is 85.9 Å². The van der Waals surface area contributed by atoms with Crippen LogP contribution in [0.2, 0.25) is 15.1 Å². The summed E-state index contributed by atoms with van der Waals surface area (Å²) < 4.78 is 65.4. The van der Waals surface area contributed by atoms with Crippen molar-refractivity contribution in [3.8, 4) is 0 Å². The average molecular weight is 690 g/mol. The van der Waals surface area contributed by atoms with Gasteiger partial charge >= 0.3 is 12.1 Å². The van der Waals surface area contributed by atoms with Gasteiger partial charge in [0.2, 0.25) is 5.91 Å². The van der Waals surface area contributed by atoms with Crippen molar-refractivity contribution in [2.75, 3.05) is 16.0 Å². The van der Waals surface area contributed by atoms with E-state index in [1.807, 2.05) is 5.32 Å². The van der Waals surface area contributed by atoms with E-state index < -0.39 is 63.1 Å². The molecule has 3 aromatic carbocycles. The first-order valence-electron chi connectivity index (χ1n) is 11.5. The third-order valence-corrected chi connectivity index (χ3v) is 8.42. The second-order valence-electron chi connectivity index (χ2n) is 9.14. The van der Waals surface area contributed by atoms with Crippen molar-refractivity contribution in [3.63, 3.8) is 0 Å². The minimum Gasteiger partial charge on any atom is -0.326 e. The summed E-state index contributed by atoms with van der Waals surface area (Å²) in [6, 6.07) is 8.27. The van der Waals surface area contributed by atoms with Gasteiger partial charge in [0.15, 0.2) is 5.82 Å². The van der Waals surface area contributed by atoms with E-state index in [2.05, 4.69) is 5.32 Å². The molecular weight excluding hydrogens is 675 g/mol. The van der Waals surface area contributed by atoms with Gasteiger partial charge in [0, 0.05) is 11.6 Å². The van der Waals surface area contributed by atoms with Gasteiger partial charge in [-0.2, -0.15) is 13.2 Å². The van der Waals surface area contributed by atoms with E-state index in [9.17, 15) is 36.3 Å². The van der Waals surface area contributed by atoms with Crippen LogP contribution < -0.4 is 16.0 Å². The van der Waals surface area contributed by atoms with E-state index in [4.69, 9.17) is 58.0 Å². The molecule has 2 atom stereocenters. The number of alkyl halides is 5. The van der Waals surface area contributed by atoms with Crippen LogP contribution in [0.25, 0.3) is 0 Å². The first-order valence-corrected chi connectivity index (χ1v) is 13.4. The Labute approximate surface area is 259 Å². The fourth-order valence-electron chi connectivity index (χ4n) is 4.14. The van der Waals surface area contributed by atoms with Gasteiger partial charge in [0.05, 0.1) is 32.2 Å². The minimum absolute atomic E-state index is 0.0445. The summed E-state index contributed by atoms with van der Waals surface area (Å²) >= 11 is 31.0. The Morgan fingerprint density at radius 1 is 0.881 bits per heavy atom. The lowest BCUT2D eigenvalue weighted by Gasteiger charge is -2.15. The van der Waals surface area contributed by atoms with E-state index >= 15 is 0 Å². The highest BCUT2D eigenvalue weighted by Gasteiger charge is 2.67. The lowest BCUT2D eigenvalue weighted by Crippen LogP contribution is -2.30. The third-order valence-electron chi connectivity index (χ3n) is 6.24. The Kier molecular flexibility index (Phi) is 8.93. The molecule has 1 aliphatic rings. The number of aryl methyl sites for hydroxylation is 1. The molecule has 3 aromatic rings. The summed E-state index contributed by atoms with van der Waals surface area (Å²) in [7, 11) is 0. The average Bonchev–Trinajstić information content (AvgIpc) is 3.48. The van der Waals surface area contributed by atoms with Gasteiger partial charge in [-0.25, -0.2) is 8.78 Å². The van der Waals surface area contributed by atoms with Gasteiger partial charge in [-0.15, -0.1) is 23.2 Å². The highest BCUT2D eigenvalue weighted by atomic mass is 35.5. The van der Waals surface area contributed by atoms with E-state index in [0.29, 0.717) is 17.7 Å². The zero-order valence-corrected chi connectivity index (χ0v) is 24.5. The van der Waals surface area contributed by atoms with Crippen LogP contribution in [-0.4, -0.2) is 28.2 Å². The molecule has 222 valence electrons. The Balaban J connectivity index is 1.56. The number of amides is 3. The maximum Gasteiger partial charge on any atom is 0.471 e. The molecule has 0 bridgehead atoms. The molecule has 1 fully saturated rings. The summed E-state index contributed by atoms with van der Waals surface area (Å²) in [4.78, 5) is 37.3. The number of rotatable bonds is 6. The Morgan fingerprint density at radius 3 is 2.17 bits per heavy atom. The maximum absolute atomic E-state index is 14.8. The molecule has 0 unspecified atom stereocenters. The number of carbonyl (C=O) groups is 3. The van der Waals surface area contributed by atoms with Crippen LogP contribution in [0, 0.1) is 24.5 Å². The zero-order chi connectivity index (χ0) is 31.3. The number of anilines is 3. The van der Waals surface area contributed by atoms with Crippen molar-refractivity contribution >= 4 is 92.8 Å². The number of hydrogen-bond donors (Lipinski definition) is 3. The normalized spacial score (nSPS) is 17.4. The molecule has 0 aliphatic heterocycles. The topological polar surface area (TPSA) is 87.3 Å². The Bertz CT molecular complexity index is 1630. The second-order valence-corrected chi connectivity index (χ2v) is 11.8. The Hall–Kier alpha value is -2.83. The molecule has 16 heteroatoms. The van der Waals surface area contributed by atoms with Gasteiger partial charge in [0.25, 0.3) is 5.91 Å². The smallest absolute Gasteiger partial charge is 0.326 e. The quantitative estimate of drug-likeness (QED) is 0.179. The molecule has 4 rings (SSSR count). The molecule has 1 saturated carbocycles. The largest absolute Gasteiger partial charge is 0.471 e. The molecule has 42 heavy (non-hydrogen) atoms. The van der Waals surface area contributed by atoms with Crippen molar-refractivity contribution in [2.45, 2.75) is 23.4 Å². The number of carbonyl (C=O) groups excluding carboxylic acids is 3. The fraction of sp³-hybridized carbons (Fsp3) is 0.192. The molecule has 0 radical (unpaired) electrons. The number of hydrogen-bond acceptors (Lipinski definition) is 3. The molecule has 0 heterocycles. The molecule has 0 spiro atoms. The van der Waals surface area contributed by atoms with Gasteiger partial charge < -0.3 is 16.0 Å². The third kappa shape index (κ3) is 6.40. The number of halogens is 10. The lowest BCUT2D eigenvalue weighted by molar-refractivity contribution is -0.167. The van der Waals surface area contributed by atoms with Crippen molar-refractivity contribution in [1.82, 2.24) is 0 Å².